The maximum atomic E-state index is 11.5. The second-order valence-corrected chi connectivity index (χ2v) is 9.30. The zero-order chi connectivity index (χ0) is 27.3. The van der Waals surface area contributed by atoms with E-state index in [2.05, 4.69) is 9.47 Å². The highest BCUT2D eigenvalue weighted by molar-refractivity contribution is 6.33. The summed E-state index contributed by atoms with van der Waals surface area (Å²) in [6, 6.07) is 0. The van der Waals surface area contributed by atoms with E-state index in [9.17, 15) is 29.1 Å². The van der Waals surface area contributed by atoms with Crippen molar-refractivity contribution in [2.24, 2.45) is 0 Å². The summed E-state index contributed by atoms with van der Waals surface area (Å²) in [5, 5.41) is 9.33. The first kappa shape index (κ1) is 40.3. The van der Waals surface area contributed by atoms with E-state index in [1.165, 1.54) is 31.0 Å². The van der Waals surface area contributed by atoms with Crippen molar-refractivity contribution >= 4 is 29.9 Å². The number of carbonyl (C=O) groups excluding carboxylic acids is 5. The predicted molar refractivity (Wildman–Crippen MR) is 135 cm³/mol. The largest absolute Gasteiger partial charge is 0.467 e. The van der Waals surface area contributed by atoms with Crippen LogP contribution in [0, 0.1) is 0 Å². The van der Waals surface area contributed by atoms with Crippen LogP contribution in [0.5, 0.6) is 0 Å². The van der Waals surface area contributed by atoms with Crippen LogP contribution in [-0.2, 0) is 33.3 Å². The summed E-state index contributed by atoms with van der Waals surface area (Å²) in [6.45, 7) is 10.9. The lowest BCUT2D eigenvalue weighted by Gasteiger charge is -2.24. The van der Waals surface area contributed by atoms with Gasteiger partial charge in [-0.05, 0) is 41.5 Å². The van der Waals surface area contributed by atoms with Crippen molar-refractivity contribution in [2.45, 2.75) is 86.5 Å². The van der Waals surface area contributed by atoms with E-state index in [0.29, 0.717) is 0 Å². The molecular formula is C24H48N2O10. The van der Waals surface area contributed by atoms with E-state index >= 15 is 0 Å². The molecule has 0 rings (SSSR count). The predicted octanol–water partition coefficient (Wildman–Crippen LogP) is 3.04. The molecule has 1 N–H and O–H groups in total. The highest BCUT2D eigenvalue weighted by atomic mass is 16.6. The molecule has 12 heteroatoms. The number of aliphatic hydroxyl groups is 1. The van der Waals surface area contributed by atoms with Gasteiger partial charge in [-0.25, -0.2) is 19.2 Å². The van der Waals surface area contributed by atoms with Crippen molar-refractivity contribution in [3.8, 4) is 0 Å². The summed E-state index contributed by atoms with van der Waals surface area (Å²) < 4.78 is 18.8. The number of ether oxygens (including phenoxy) is 4. The first-order valence-corrected chi connectivity index (χ1v) is 10.6. The number of carbonyl (C=O) groups is 5. The topological polar surface area (TPSA) is 149 Å². The number of Topliss-reactive ketones (excluding diaryl/α,β-unsaturated/α-hetero) is 1. The maximum absolute atomic E-state index is 11.5. The maximum Gasteiger partial charge on any atom is 0.410 e. The van der Waals surface area contributed by atoms with Crippen LogP contribution in [0.25, 0.3) is 0 Å². The van der Waals surface area contributed by atoms with Crippen LogP contribution in [0.15, 0.2) is 0 Å². The summed E-state index contributed by atoms with van der Waals surface area (Å²) in [6.07, 6.45) is -2.21. The number of nitrogens with zero attached hydrogens (tertiary/aromatic N) is 2. The van der Waals surface area contributed by atoms with Crippen LogP contribution >= 0.6 is 0 Å². The second-order valence-electron chi connectivity index (χ2n) is 9.30. The molecule has 0 radical (unpaired) electrons. The number of rotatable bonds is 8. The van der Waals surface area contributed by atoms with Crippen molar-refractivity contribution < 1.29 is 48.0 Å². The molecular weight excluding hydrogens is 476 g/mol. The fourth-order valence-corrected chi connectivity index (χ4v) is 1.92. The van der Waals surface area contributed by atoms with Gasteiger partial charge in [-0.3, -0.25) is 4.79 Å². The van der Waals surface area contributed by atoms with Crippen LogP contribution in [0.2, 0.25) is 0 Å². The van der Waals surface area contributed by atoms with Crippen molar-refractivity contribution in [3.05, 3.63) is 0 Å². The van der Waals surface area contributed by atoms with E-state index < -0.39 is 47.2 Å². The molecule has 0 aliphatic carbocycles. The number of methoxy groups -OCH3 is 2. The summed E-state index contributed by atoms with van der Waals surface area (Å²) >= 11 is 0. The molecule has 0 bridgehead atoms. The van der Waals surface area contributed by atoms with Gasteiger partial charge in [0.1, 0.15) is 11.2 Å². The fraction of sp³-hybridized carbons (Fsp3) is 0.792. The smallest absolute Gasteiger partial charge is 0.410 e. The Morgan fingerprint density at radius 2 is 1.14 bits per heavy atom. The van der Waals surface area contributed by atoms with Crippen LogP contribution in [-0.4, -0.2) is 104 Å². The second kappa shape index (κ2) is 18.4. The van der Waals surface area contributed by atoms with Gasteiger partial charge in [0, 0.05) is 40.0 Å². The minimum Gasteiger partial charge on any atom is -0.467 e. The quantitative estimate of drug-likeness (QED) is 0.285. The number of hydrogen-bond donors (Lipinski definition) is 1. The third kappa shape index (κ3) is 20.5. The zero-order valence-electron chi connectivity index (χ0n) is 21.9. The van der Waals surface area contributed by atoms with Gasteiger partial charge in [-0.1, -0.05) is 14.9 Å². The molecule has 0 aromatic heterocycles. The van der Waals surface area contributed by atoms with Crippen molar-refractivity contribution in [1.82, 2.24) is 9.80 Å². The van der Waals surface area contributed by atoms with Gasteiger partial charge >= 0.3 is 24.1 Å². The Morgan fingerprint density at radius 3 is 1.47 bits per heavy atom. The third-order valence-corrected chi connectivity index (χ3v) is 3.71. The first-order chi connectivity index (χ1) is 15.3. The molecule has 0 aliphatic rings. The Balaban J connectivity index is -0.000000269. The summed E-state index contributed by atoms with van der Waals surface area (Å²) in [7, 11) is 5.37. The summed E-state index contributed by atoms with van der Waals surface area (Å²) in [4.78, 5) is 58.4. The van der Waals surface area contributed by atoms with E-state index in [0.717, 1.165) is 7.11 Å². The van der Waals surface area contributed by atoms with Crippen molar-refractivity contribution in [2.75, 3.05) is 41.4 Å². The van der Waals surface area contributed by atoms with E-state index in [1.54, 1.807) is 41.5 Å². The summed E-state index contributed by atoms with van der Waals surface area (Å²) in [5.74, 6) is -2.27. The molecule has 0 aliphatic heterocycles. The molecule has 0 spiro atoms. The van der Waals surface area contributed by atoms with Crippen molar-refractivity contribution in [3.63, 3.8) is 0 Å². The lowest BCUT2D eigenvalue weighted by atomic mass is 10.2. The van der Waals surface area contributed by atoms with Gasteiger partial charge in [0.05, 0.1) is 14.2 Å². The Hall–Kier alpha value is -2.89. The lowest BCUT2D eigenvalue weighted by molar-refractivity contribution is -0.151. The molecule has 36 heavy (non-hydrogen) atoms. The van der Waals surface area contributed by atoms with Gasteiger partial charge in [0.15, 0.2) is 6.10 Å². The van der Waals surface area contributed by atoms with Gasteiger partial charge in [0.25, 0.3) is 0 Å². The van der Waals surface area contributed by atoms with Gasteiger partial charge in [0.2, 0.25) is 5.78 Å². The molecule has 214 valence electrons. The van der Waals surface area contributed by atoms with Gasteiger partial charge < -0.3 is 33.9 Å². The Kier molecular flexibility index (Phi) is 20.6. The van der Waals surface area contributed by atoms with Crippen LogP contribution in [0.1, 0.15) is 69.2 Å². The minimum atomic E-state index is -1.22. The molecule has 0 aromatic rings. The third-order valence-electron chi connectivity index (χ3n) is 3.71. The highest BCUT2D eigenvalue weighted by Gasteiger charge is 2.23. The molecule has 0 heterocycles. The number of esters is 2. The lowest BCUT2D eigenvalue weighted by Crippen LogP contribution is -2.36. The highest BCUT2D eigenvalue weighted by Crippen LogP contribution is 2.10. The van der Waals surface area contributed by atoms with Gasteiger partial charge in [-0.15, -0.1) is 0 Å². The Labute approximate surface area is 216 Å². The van der Waals surface area contributed by atoms with Crippen LogP contribution in [0.3, 0.4) is 0 Å². The average molecular weight is 525 g/mol. The number of aliphatic hydroxyl groups excluding tert-OH is 1. The first-order valence-electron chi connectivity index (χ1n) is 10.6. The number of ketones is 1. The Morgan fingerprint density at radius 1 is 0.750 bits per heavy atom. The molecule has 1 unspecified atom stereocenters. The molecule has 0 fully saturated rings. The zero-order valence-corrected chi connectivity index (χ0v) is 21.9. The molecule has 0 aromatic carbocycles. The monoisotopic (exact) mass is 524 g/mol. The minimum absolute atomic E-state index is 0. The molecule has 1 atom stereocenters. The molecule has 2 amide bonds. The van der Waals surface area contributed by atoms with E-state index in [4.69, 9.17) is 9.47 Å². The van der Waals surface area contributed by atoms with Gasteiger partial charge in [-0.2, -0.15) is 0 Å². The SMILES string of the molecule is C.C.COC(=O)C(=O)CCN(C)C(=O)OC(C)(C)C.COC(=O)C(O)CCN(C)C(=O)OC(C)(C)C. The van der Waals surface area contributed by atoms with Crippen LogP contribution in [0.4, 0.5) is 9.59 Å². The number of amides is 2. The normalized spacial score (nSPS) is 11.1. The van der Waals surface area contributed by atoms with Crippen LogP contribution < -0.4 is 0 Å². The fourth-order valence-electron chi connectivity index (χ4n) is 1.92. The van der Waals surface area contributed by atoms with E-state index in [1.807, 2.05) is 0 Å². The van der Waals surface area contributed by atoms with Crippen molar-refractivity contribution in [1.29, 1.82) is 0 Å². The van der Waals surface area contributed by atoms with E-state index in [-0.39, 0.29) is 40.8 Å². The summed E-state index contributed by atoms with van der Waals surface area (Å²) in [5.41, 5.74) is -1.15. The standard InChI is InChI=1S/C11H21NO5.C11H19NO5.2CH4/c2*1-11(2,3)17-10(15)12(4)7-6-8(13)9(14)16-5;;/h8,13H,6-7H2,1-5H3;6-7H2,1-5H3;2*1H4. The number of hydrogen-bond acceptors (Lipinski definition) is 10. The Bertz CT molecular complexity index is 696. The average Bonchev–Trinajstić information content (AvgIpc) is 2.71. The molecule has 0 saturated heterocycles. The molecule has 0 saturated carbocycles. The molecule has 12 nitrogen and oxygen atoms in total.